The quantitative estimate of drug-likeness (QED) is 0.825. The molecular weight excluding hydrogens is 242 g/mol. The summed E-state index contributed by atoms with van der Waals surface area (Å²) < 4.78 is 10.8. The van der Waals surface area contributed by atoms with Crippen LogP contribution in [0.1, 0.15) is 17.0 Å². The van der Waals surface area contributed by atoms with Gasteiger partial charge in [-0.25, -0.2) is 0 Å². The molecule has 1 aliphatic heterocycles. The maximum Gasteiger partial charge on any atom is 0.227 e. The van der Waals surface area contributed by atoms with Crippen molar-refractivity contribution in [2.24, 2.45) is 0 Å². The third-order valence-corrected chi connectivity index (χ3v) is 3.25. The Labute approximate surface area is 112 Å². The average Bonchev–Trinajstić information content (AvgIpc) is 3.02. The van der Waals surface area contributed by atoms with E-state index in [4.69, 9.17) is 9.26 Å². The molecule has 1 unspecified atom stereocenters. The molecule has 0 spiro atoms. The van der Waals surface area contributed by atoms with Crippen LogP contribution < -0.4 is 10.1 Å². The molecule has 3 rings (SSSR count). The van der Waals surface area contributed by atoms with Crippen LogP contribution >= 0.6 is 0 Å². The van der Waals surface area contributed by atoms with Crippen LogP contribution in [0.5, 0.6) is 5.75 Å². The Kier molecular flexibility index (Phi) is 3.46. The highest BCUT2D eigenvalue weighted by Crippen LogP contribution is 2.29. The zero-order chi connectivity index (χ0) is 13.1. The highest BCUT2D eigenvalue weighted by Gasteiger charge is 2.22. The summed E-state index contributed by atoms with van der Waals surface area (Å²) >= 11 is 0. The zero-order valence-electron chi connectivity index (χ0n) is 10.9. The predicted octanol–water partition coefficient (Wildman–Crippen LogP) is 1.51. The largest absolute Gasteiger partial charge is 0.488 e. The van der Waals surface area contributed by atoms with Gasteiger partial charge in [-0.2, -0.15) is 4.98 Å². The fraction of sp³-hybridized carbons (Fsp3) is 0.429. The van der Waals surface area contributed by atoms with Gasteiger partial charge in [-0.15, -0.1) is 0 Å². The molecule has 0 aliphatic carbocycles. The van der Waals surface area contributed by atoms with Gasteiger partial charge in [0.15, 0.2) is 6.33 Å². The SMILES string of the molecule is Cc1ccc2c(c1)CC(CNCCc1ncno1)O2. The monoisotopic (exact) mass is 259 g/mol. The van der Waals surface area contributed by atoms with E-state index in [0.717, 1.165) is 31.7 Å². The minimum Gasteiger partial charge on any atom is -0.488 e. The van der Waals surface area contributed by atoms with E-state index in [1.165, 1.54) is 17.5 Å². The van der Waals surface area contributed by atoms with E-state index in [1.54, 1.807) is 0 Å². The molecular formula is C14H17N3O2. The maximum atomic E-state index is 5.89. The standard InChI is InChI=1S/C14H17N3O2/c1-10-2-3-13-11(6-10)7-12(18-13)8-15-5-4-14-16-9-17-19-14/h2-3,6,9,12,15H,4-5,7-8H2,1H3. The molecule has 1 atom stereocenters. The number of nitrogens with one attached hydrogen (secondary N) is 1. The molecule has 0 fully saturated rings. The van der Waals surface area contributed by atoms with E-state index >= 15 is 0 Å². The van der Waals surface area contributed by atoms with Crippen LogP contribution in [0.4, 0.5) is 0 Å². The van der Waals surface area contributed by atoms with Crippen molar-refractivity contribution in [2.75, 3.05) is 13.1 Å². The third kappa shape index (κ3) is 2.93. The van der Waals surface area contributed by atoms with Crippen molar-refractivity contribution in [1.29, 1.82) is 0 Å². The molecule has 19 heavy (non-hydrogen) atoms. The highest BCUT2D eigenvalue weighted by molar-refractivity contribution is 5.40. The van der Waals surface area contributed by atoms with E-state index in [2.05, 4.69) is 40.6 Å². The second-order valence-corrected chi connectivity index (χ2v) is 4.84. The van der Waals surface area contributed by atoms with Gasteiger partial charge in [-0.05, 0) is 18.6 Å². The van der Waals surface area contributed by atoms with Gasteiger partial charge in [0.25, 0.3) is 0 Å². The predicted molar refractivity (Wildman–Crippen MR) is 70.2 cm³/mol. The summed E-state index contributed by atoms with van der Waals surface area (Å²) in [6.07, 6.45) is 3.37. The lowest BCUT2D eigenvalue weighted by atomic mass is 10.1. The number of nitrogens with zero attached hydrogens (tertiary/aromatic N) is 2. The van der Waals surface area contributed by atoms with Crippen LogP contribution in [0.3, 0.4) is 0 Å². The van der Waals surface area contributed by atoms with Gasteiger partial charge < -0.3 is 14.6 Å². The number of benzene rings is 1. The second kappa shape index (κ2) is 5.40. The summed E-state index contributed by atoms with van der Waals surface area (Å²) in [6, 6.07) is 6.35. The molecule has 1 aromatic carbocycles. The Hall–Kier alpha value is -1.88. The van der Waals surface area contributed by atoms with Crippen molar-refractivity contribution in [2.45, 2.75) is 25.9 Å². The first-order chi connectivity index (χ1) is 9.31. The Morgan fingerprint density at radius 3 is 3.21 bits per heavy atom. The van der Waals surface area contributed by atoms with Crippen molar-refractivity contribution in [3.63, 3.8) is 0 Å². The van der Waals surface area contributed by atoms with E-state index in [1.807, 2.05) is 0 Å². The van der Waals surface area contributed by atoms with Crippen molar-refractivity contribution < 1.29 is 9.26 Å². The van der Waals surface area contributed by atoms with Gasteiger partial charge in [0.05, 0.1) is 0 Å². The van der Waals surface area contributed by atoms with E-state index in [-0.39, 0.29) is 6.10 Å². The molecule has 0 saturated carbocycles. The molecule has 0 bridgehead atoms. The van der Waals surface area contributed by atoms with Crippen molar-refractivity contribution in [3.05, 3.63) is 41.5 Å². The van der Waals surface area contributed by atoms with Crippen LogP contribution in [0.2, 0.25) is 0 Å². The van der Waals surface area contributed by atoms with Gasteiger partial charge in [-0.1, -0.05) is 22.9 Å². The van der Waals surface area contributed by atoms with Crippen molar-refractivity contribution in [3.8, 4) is 5.75 Å². The van der Waals surface area contributed by atoms with Gasteiger partial charge in [0.1, 0.15) is 11.9 Å². The number of hydrogen-bond donors (Lipinski definition) is 1. The molecule has 0 saturated heterocycles. The van der Waals surface area contributed by atoms with Gasteiger partial charge in [0.2, 0.25) is 5.89 Å². The van der Waals surface area contributed by atoms with E-state index < -0.39 is 0 Å². The van der Waals surface area contributed by atoms with Crippen LogP contribution in [-0.2, 0) is 12.8 Å². The minimum absolute atomic E-state index is 0.222. The first kappa shape index (κ1) is 12.2. The molecule has 1 aliphatic rings. The van der Waals surface area contributed by atoms with E-state index in [9.17, 15) is 0 Å². The Morgan fingerprint density at radius 2 is 2.37 bits per heavy atom. The van der Waals surface area contributed by atoms with E-state index in [0.29, 0.717) is 5.89 Å². The maximum absolute atomic E-state index is 5.89. The van der Waals surface area contributed by atoms with Gasteiger partial charge in [-0.3, -0.25) is 0 Å². The fourth-order valence-electron chi connectivity index (χ4n) is 2.33. The van der Waals surface area contributed by atoms with Crippen LogP contribution in [-0.4, -0.2) is 29.3 Å². The van der Waals surface area contributed by atoms with Gasteiger partial charge in [0, 0.05) is 25.9 Å². The zero-order valence-corrected chi connectivity index (χ0v) is 10.9. The first-order valence-electron chi connectivity index (χ1n) is 6.54. The lowest BCUT2D eigenvalue weighted by Gasteiger charge is -2.11. The Bertz CT molecular complexity index is 540. The Balaban J connectivity index is 1.43. The fourth-order valence-corrected chi connectivity index (χ4v) is 2.33. The molecule has 1 aromatic heterocycles. The lowest BCUT2D eigenvalue weighted by molar-refractivity contribution is 0.227. The highest BCUT2D eigenvalue weighted by atomic mass is 16.5. The smallest absolute Gasteiger partial charge is 0.227 e. The van der Waals surface area contributed by atoms with Crippen LogP contribution in [0, 0.1) is 6.92 Å². The number of aromatic nitrogens is 2. The number of ether oxygens (including phenoxy) is 1. The molecule has 0 amide bonds. The van der Waals surface area contributed by atoms with Crippen molar-refractivity contribution in [1.82, 2.24) is 15.5 Å². The van der Waals surface area contributed by atoms with Crippen LogP contribution in [0.25, 0.3) is 0 Å². The molecule has 100 valence electrons. The van der Waals surface area contributed by atoms with Crippen molar-refractivity contribution >= 4 is 0 Å². The molecule has 2 heterocycles. The summed E-state index contributed by atoms with van der Waals surface area (Å²) in [5.41, 5.74) is 2.59. The minimum atomic E-state index is 0.222. The molecule has 0 radical (unpaired) electrons. The third-order valence-electron chi connectivity index (χ3n) is 3.25. The second-order valence-electron chi connectivity index (χ2n) is 4.84. The Morgan fingerprint density at radius 1 is 1.42 bits per heavy atom. The summed E-state index contributed by atoms with van der Waals surface area (Å²) in [6.45, 7) is 3.76. The molecule has 5 nitrogen and oxygen atoms in total. The number of rotatable bonds is 5. The normalized spacial score (nSPS) is 17.2. The summed E-state index contributed by atoms with van der Waals surface area (Å²) in [5, 5.41) is 6.94. The summed E-state index contributed by atoms with van der Waals surface area (Å²) in [7, 11) is 0. The molecule has 5 heteroatoms. The summed E-state index contributed by atoms with van der Waals surface area (Å²) in [4.78, 5) is 3.98. The number of aryl methyl sites for hydroxylation is 1. The first-order valence-corrected chi connectivity index (χ1v) is 6.54. The van der Waals surface area contributed by atoms with Crippen LogP contribution in [0.15, 0.2) is 29.0 Å². The number of hydrogen-bond acceptors (Lipinski definition) is 5. The topological polar surface area (TPSA) is 60.2 Å². The average molecular weight is 259 g/mol. The summed E-state index contributed by atoms with van der Waals surface area (Å²) in [5.74, 6) is 1.69. The lowest BCUT2D eigenvalue weighted by Crippen LogP contribution is -2.31. The number of fused-ring (bicyclic) bond motifs is 1. The molecule has 2 aromatic rings. The van der Waals surface area contributed by atoms with Gasteiger partial charge >= 0.3 is 0 Å². The molecule has 1 N–H and O–H groups in total.